The van der Waals surface area contributed by atoms with E-state index in [0.717, 1.165) is 0 Å². The predicted molar refractivity (Wildman–Crippen MR) is 23.8 cm³/mol. The maximum atomic E-state index is 10.0. The molecule has 0 saturated carbocycles. The highest BCUT2D eigenvalue weighted by Crippen LogP contribution is 1.81. The van der Waals surface area contributed by atoms with Crippen molar-refractivity contribution in [3.8, 4) is 0 Å². The summed E-state index contributed by atoms with van der Waals surface area (Å²) in [4.78, 5) is 19.4. The Morgan fingerprint density at radius 2 is 2.38 bits per heavy atom. The summed E-state index contributed by atoms with van der Waals surface area (Å²) in [7, 11) is 0. The maximum absolute atomic E-state index is 10.0. The quantitative estimate of drug-likeness (QED) is 0.289. The van der Waals surface area contributed by atoms with Crippen molar-refractivity contribution in [2.75, 3.05) is 0 Å². The molecule has 0 spiro atoms. The van der Waals surface area contributed by atoms with E-state index in [9.17, 15) is 9.59 Å². The molecule has 0 aromatic rings. The highest BCUT2D eigenvalue weighted by molar-refractivity contribution is 5.79. The summed E-state index contributed by atoms with van der Waals surface area (Å²) < 4.78 is 3.73. The third-order valence-corrected chi connectivity index (χ3v) is 0.505. The highest BCUT2D eigenvalue weighted by atomic mass is 16.6. The van der Waals surface area contributed by atoms with Gasteiger partial charge in [-0.25, -0.2) is 4.79 Å². The molecule has 0 radical (unpaired) electrons. The van der Waals surface area contributed by atoms with E-state index in [1.54, 1.807) is 0 Å². The van der Waals surface area contributed by atoms with Gasteiger partial charge in [-0.2, -0.15) is 0 Å². The molecule has 1 N–H and O–H groups in total. The zero-order valence-electron chi connectivity index (χ0n) is 4.33. The van der Waals surface area contributed by atoms with Gasteiger partial charge in [0.15, 0.2) is 0 Å². The van der Waals surface area contributed by atoms with E-state index >= 15 is 0 Å². The van der Waals surface area contributed by atoms with Crippen LogP contribution in [0.15, 0.2) is 0 Å². The van der Waals surface area contributed by atoms with Crippen molar-refractivity contribution in [2.24, 2.45) is 0 Å². The Morgan fingerprint density at radius 3 is 2.50 bits per heavy atom. The van der Waals surface area contributed by atoms with Crippen molar-refractivity contribution in [1.29, 1.82) is 0 Å². The summed E-state index contributed by atoms with van der Waals surface area (Å²) in [5.74, 6) is -0.931. The Bertz CT molecular complexity index is 96.2. The lowest BCUT2D eigenvalue weighted by Gasteiger charge is -1.95. The molecule has 4 nitrogen and oxygen atoms in total. The molecule has 46 valence electrons. The Hall–Kier alpha value is -0.900. The van der Waals surface area contributed by atoms with Crippen LogP contribution in [0.5, 0.6) is 0 Å². The summed E-state index contributed by atoms with van der Waals surface area (Å²) in [6.07, 6.45) is -1.22. The number of esters is 1. The van der Waals surface area contributed by atoms with Gasteiger partial charge >= 0.3 is 12.4 Å². The van der Waals surface area contributed by atoms with Gasteiger partial charge in [0, 0.05) is 0 Å². The first-order chi connectivity index (χ1) is 3.68. The topological polar surface area (TPSA) is 63.6 Å². The van der Waals surface area contributed by atoms with Crippen LogP contribution in [-0.4, -0.2) is 23.7 Å². The van der Waals surface area contributed by atoms with Crippen LogP contribution in [0.3, 0.4) is 0 Å². The van der Waals surface area contributed by atoms with E-state index in [0.29, 0.717) is 0 Å². The van der Waals surface area contributed by atoms with Gasteiger partial charge in [-0.05, 0) is 6.92 Å². The van der Waals surface area contributed by atoms with Crippen molar-refractivity contribution in [3.05, 3.63) is 0 Å². The summed E-state index contributed by atoms with van der Waals surface area (Å²) in [6, 6.07) is 0. The standard InChI is InChI=1S/C4H6O4/c1-3(6)4(7)8-2-5/h2-3,6H,1H3. The first-order valence-electron chi connectivity index (χ1n) is 2.00. The van der Waals surface area contributed by atoms with Crippen LogP contribution in [0, 0.1) is 0 Å². The summed E-state index contributed by atoms with van der Waals surface area (Å²) in [5, 5.41) is 8.32. The van der Waals surface area contributed by atoms with Gasteiger partial charge < -0.3 is 9.84 Å². The van der Waals surface area contributed by atoms with E-state index in [-0.39, 0.29) is 6.47 Å². The van der Waals surface area contributed by atoms with Crippen molar-refractivity contribution in [2.45, 2.75) is 13.0 Å². The average Bonchev–Trinajstić information content (AvgIpc) is 1.67. The number of hydrogen-bond acceptors (Lipinski definition) is 4. The molecule has 8 heavy (non-hydrogen) atoms. The van der Waals surface area contributed by atoms with Gasteiger partial charge in [0.25, 0.3) is 0 Å². The highest BCUT2D eigenvalue weighted by Gasteiger charge is 2.07. The monoisotopic (exact) mass is 118 g/mol. The van der Waals surface area contributed by atoms with Gasteiger partial charge in [0.05, 0.1) is 0 Å². The second-order valence-electron chi connectivity index (χ2n) is 1.21. The van der Waals surface area contributed by atoms with Gasteiger partial charge in [-0.3, -0.25) is 4.79 Å². The third-order valence-electron chi connectivity index (χ3n) is 0.505. The number of carbonyl (C=O) groups is 2. The van der Waals surface area contributed by atoms with E-state index in [1.807, 2.05) is 0 Å². The van der Waals surface area contributed by atoms with E-state index < -0.39 is 12.1 Å². The SMILES string of the molecule is CC(O)C(=O)OC=O. The molecular formula is C4H6O4. The Morgan fingerprint density at radius 1 is 1.88 bits per heavy atom. The fourth-order valence-electron chi connectivity index (χ4n) is 0.146. The molecule has 0 aromatic heterocycles. The smallest absolute Gasteiger partial charge is 0.342 e. The van der Waals surface area contributed by atoms with Crippen molar-refractivity contribution in [3.63, 3.8) is 0 Å². The molecule has 1 unspecified atom stereocenters. The number of ether oxygens (including phenoxy) is 1. The molecule has 0 aliphatic rings. The molecule has 0 aliphatic heterocycles. The lowest BCUT2D eigenvalue weighted by atomic mass is 10.4. The van der Waals surface area contributed by atoms with Crippen LogP contribution in [0.1, 0.15) is 6.92 Å². The van der Waals surface area contributed by atoms with Crippen LogP contribution in [0.25, 0.3) is 0 Å². The minimum Gasteiger partial charge on any atom is -0.394 e. The summed E-state index contributed by atoms with van der Waals surface area (Å²) in [5.41, 5.74) is 0. The van der Waals surface area contributed by atoms with Crippen LogP contribution >= 0.6 is 0 Å². The lowest BCUT2D eigenvalue weighted by Crippen LogP contribution is -2.18. The lowest BCUT2D eigenvalue weighted by molar-refractivity contribution is -0.157. The average molecular weight is 118 g/mol. The van der Waals surface area contributed by atoms with Gasteiger partial charge in [0.2, 0.25) is 0 Å². The first-order valence-corrected chi connectivity index (χ1v) is 2.00. The van der Waals surface area contributed by atoms with Gasteiger partial charge in [-0.1, -0.05) is 0 Å². The fourth-order valence-corrected chi connectivity index (χ4v) is 0.146. The summed E-state index contributed by atoms with van der Waals surface area (Å²) >= 11 is 0. The van der Waals surface area contributed by atoms with Gasteiger partial charge in [0.1, 0.15) is 6.10 Å². The van der Waals surface area contributed by atoms with Crippen molar-refractivity contribution >= 4 is 12.4 Å². The van der Waals surface area contributed by atoms with Crippen molar-refractivity contribution < 1.29 is 19.4 Å². The van der Waals surface area contributed by atoms with E-state index in [1.165, 1.54) is 6.92 Å². The number of aliphatic hydroxyl groups excluding tert-OH is 1. The second kappa shape index (κ2) is 3.15. The van der Waals surface area contributed by atoms with Crippen LogP contribution in [-0.2, 0) is 14.3 Å². The molecule has 0 saturated heterocycles. The molecule has 0 aromatic carbocycles. The largest absolute Gasteiger partial charge is 0.394 e. The van der Waals surface area contributed by atoms with Crippen LogP contribution in [0.4, 0.5) is 0 Å². The molecule has 0 heterocycles. The molecule has 0 amide bonds. The van der Waals surface area contributed by atoms with Crippen LogP contribution in [0.2, 0.25) is 0 Å². The molecule has 0 rings (SSSR count). The zero-order chi connectivity index (χ0) is 6.57. The minimum atomic E-state index is -1.22. The zero-order valence-corrected chi connectivity index (χ0v) is 4.33. The normalized spacial score (nSPS) is 12.2. The van der Waals surface area contributed by atoms with E-state index in [2.05, 4.69) is 4.74 Å². The first kappa shape index (κ1) is 7.10. The Kier molecular flexibility index (Phi) is 2.79. The molecule has 1 atom stereocenters. The summed E-state index contributed by atoms with van der Waals surface area (Å²) in [6.45, 7) is 1.20. The number of aliphatic hydroxyl groups is 1. The maximum Gasteiger partial charge on any atom is 0.342 e. The predicted octanol–water partition coefficient (Wildman–Crippen LogP) is -0.933. The van der Waals surface area contributed by atoms with Crippen LogP contribution < -0.4 is 0 Å². The Labute approximate surface area is 46.1 Å². The minimum absolute atomic E-state index is 0.0188. The van der Waals surface area contributed by atoms with Gasteiger partial charge in [-0.15, -0.1) is 0 Å². The number of carbonyl (C=O) groups excluding carboxylic acids is 2. The van der Waals surface area contributed by atoms with E-state index in [4.69, 9.17) is 5.11 Å². The fraction of sp³-hybridized carbons (Fsp3) is 0.500. The van der Waals surface area contributed by atoms with Crippen molar-refractivity contribution in [1.82, 2.24) is 0 Å². The molecule has 0 bridgehead atoms. The second-order valence-corrected chi connectivity index (χ2v) is 1.21. The Balaban J connectivity index is 3.48. The molecule has 0 fully saturated rings. The molecule has 4 heteroatoms. The molecule has 0 aliphatic carbocycles. The third kappa shape index (κ3) is 2.30. The molecular weight excluding hydrogens is 112 g/mol. The number of rotatable bonds is 2. The number of hydrogen-bond donors (Lipinski definition) is 1.